The number of halogens is 4. The minimum absolute atomic E-state index is 0.143. The van der Waals surface area contributed by atoms with E-state index in [4.69, 9.17) is 35.6 Å². The Labute approximate surface area is 183 Å². The Bertz CT molecular complexity index is 1140. The number of ether oxygens (including phenoxy) is 1. The smallest absolute Gasteiger partial charge is 0.404 e. The van der Waals surface area contributed by atoms with Crippen molar-refractivity contribution in [3.8, 4) is 5.75 Å². The van der Waals surface area contributed by atoms with E-state index in [9.17, 15) is 27.6 Å². The molecule has 3 N–H and O–H groups in total. The fourth-order valence-electron chi connectivity index (χ4n) is 3.25. The molecule has 1 aromatic heterocycles. The normalized spacial score (nSPS) is 32.0. The third-order valence-electron chi connectivity index (χ3n) is 4.99. The minimum Gasteiger partial charge on any atom is -0.404 e. The molecule has 4 rings (SSSR count). The number of phosphoric acid groups is 1. The molecule has 10 nitrogen and oxygen atoms in total. The molecule has 2 aliphatic rings. The van der Waals surface area contributed by atoms with E-state index in [0.29, 0.717) is 10.1 Å². The van der Waals surface area contributed by atoms with Crippen LogP contribution in [0.4, 0.5) is 19.0 Å². The summed E-state index contributed by atoms with van der Waals surface area (Å²) in [5.41, 5.74) is 1.69. The van der Waals surface area contributed by atoms with Crippen LogP contribution in [0.3, 0.4) is 0 Å². The second-order valence-electron chi connectivity index (χ2n) is 7.01. The zero-order valence-electron chi connectivity index (χ0n) is 15.9. The minimum atomic E-state index is -4.42. The number of fused-ring (bicyclic) bond motifs is 1. The number of anilines is 1. The average molecular weight is 498 g/mol. The first kappa shape index (κ1) is 23.0. The first-order valence-corrected chi connectivity index (χ1v) is 10.9. The molecule has 5 unspecified atom stereocenters. The maximum absolute atomic E-state index is 15.0. The summed E-state index contributed by atoms with van der Waals surface area (Å²) < 4.78 is 76.4. The Morgan fingerprint density at radius 1 is 1.44 bits per heavy atom. The van der Waals surface area contributed by atoms with Crippen molar-refractivity contribution >= 4 is 25.2 Å². The van der Waals surface area contributed by atoms with Crippen LogP contribution in [-0.2, 0) is 25.0 Å². The van der Waals surface area contributed by atoms with Crippen molar-refractivity contribution in [1.29, 1.82) is 0 Å². The molecule has 1 saturated heterocycles. The van der Waals surface area contributed by atoms with E-state index < -0.39 is 50.6 Å². The Balaban J connectivity index is 1.59. The van der Waals surface area contributed by atoms with Crippen LogP contribution in [-0.4, -0.2) is 45.6 Å². The highest BCUT2D eigenvalue weighted by Gasteiger charge is 2.63. The summed E-state index contributed by atoms with van der Waals surface area (Å²) in [5, 5.41) is 9.97. The monoisotopic (exact) mass is 497 g/mol. The van der Waals surface area contributed by atoms with Crippen LogP contribution in [0.5, 0.6) is 5.75 Å². The van der Waals surface area contributed by atoms with Gasteiger partial charge in [0.15, 0.2) is 18.0 Å². The molecule has 0 saturated carbocycles. The van der Waals surface area contributed by atoms with Gasteiger partial charge in [-0.25, -0.2) is 22.5 Å². The van der Waals surface area contributed by atoms with Crippen LogP contribution in [0.2, 0.25) is 5.02 Å². The number of aliphatic hydroxyl groups is 1. The van der Waals surface area contributed by atoms with E-state index in [0.717, 1.165) is 6.20 Å². The second kappa shape index (κ2) is 8.32. The van der Waals surface area contributed by atoms with Gasteiger partial charge in [-0.15, -0.1) is 0 Å². The Morgan fingerprint density at radius 3 is 2.88 bits per heavy atom. The van der Waals surface area contributed by atoms with Gasteiger partial charge in [0.2, 0.25) is 0 Å². The van der Waals surface area contributed by atoms with Crippen molar-refractivity contribution in [3.63, 3.8) is 0 Å². The number of benzene rings is 1. The molecular weight excluding hydrogens is 482 g/mol. The van der Waals surface area contributed by atoms with Gasteiger partial charge in [0.1, 0.15) is 17.7 Å². The Morgan fingerprint density at radius 2 is 2.16 bits per heavy atom. The molecule has 1 fully saturated rings. The molecule has 2 aliphatic heterocycles. The predicted octanol–water partition coefficient (Wildman–Crippen LogP) is 2.44. The topological polar surface area (TPSA) is 135 Å². The lowest BCUT2D eigenvalue weighted by Crippen LogP contribution is -2.50. The van der Waals surface area contributed by atoms with Crippen molar-refractivity contribution in [2.75, 3.05) is 12.3 Å². The van der Waals surface area contributed by atoms with E-state index in [2.05, 4.69) is 4.98 Å². The highest BCUT2D eigenvalue weighted by Crippen LogP contribution is 2.56. The zero-order valence-corrected chi connectivity index (χ0v) is 17.6. The number of nitrogens with two attached hydrogens (primary N) is 1. The molecule has 1 aromatic carbocycles. The van der Waals surface area contributed by atoms with Crippen LogP contribution in [0.15, 0.2) is 35.3 Å². The quantitative estimate of drug-likeness (QED) is 0.597. The first-order valence-electron chi connectivity index (χ1n) is 9.05. The van der Waals surface area contributed by atoms with Crippen molar-refractivity contribution in [3.05, 3.63) is 51.5 Å². The van der Waals surface area contributed by atoms with E-state index in [-0.39, 0.29) is 23.2 Å². The molecule has 15 heteroatoms. The summed E-state index contributed by atoms with van der Waals surface area (Å²) in [5.74, 6) is -0.213. The summed E-state index contributed by atoms with van der Waals surface area (Å²) in [7, 11) is -4.42. The van der Waals surface area contributed by atoms with Gasteiger partial charge >= 0.3 is 13.5 Å². The SMILES string of the molecule is Nc1nc(=O)n(C2OC(COP3(=O)OCc4ccccc4O3)(C(F)F)C(F)C2O)cc1Cl. The lowest BCUT2D eigenvalue weighted by Gasteiger charge is -2.32. The maximum Gasteiger partial charge on any atom is 0.530 e. The number of nitrogen functional groups attached to an aromatic ring is 1. The molecular formula is C17H16ClF3N3O7P. The average Bonchev–Trinajstić information content (AvgIpc) is 3.01. The molecule has 0 aliphatic carbocycles. The number of para-hydroxylation sites is 1. The van der Waals surface area contributed by atoms with Crippen LogP contribution >= 0.6 is 19.4 Å². The van der Waals surface area contributed by atoms with Crippen molar-refractivity contribution in [1.82, 2.24) is 9.55 Å². The summed E-state index contributed by atoms with van der Waals surface area (Å²) in [6.45, 7) is -1.53. The Kier molecular flexibility index (Phi) is 5.99. The highest BCUT2D eigenvalue weighted by atomic mass is 35.5. The number of phosphoric ester groups is 1. The molecule has 0 bridgehead atoms. The fourth-order valence-corrected chi connectivity index (χ4v) is 4.66. The lowest BCUT2D eigenvalue weighted by atomic mass is 9.98. The molecule has 32 heavy (non-hydrogen) atoms. The molecule has 2 aromatic rings. The van der Waals surface area contributed by atoms with Crippen LogP contribution in [0, 0.1) is 0 Å². The third kappa shape index (κ3) is 3.89. The number of aromatic nitrogens is 2. The van der Waals surface area contributed by atoms with Gasteiger partial charge in [0.25, 0.3) is 6.43 Å². The summed E-state index contributed by atoms with van der Waals surface area (Å²) in [6, 6.07) is 6.35. The summed E-state index contributed by atoms with van der Waals surface area (Å²) >= 11 is 5.78. The number of aliphatic hydroxyl groups excluding tert-OH is 1. The van der Waals surface area contributed by atoms with Crippen molar-refractivity contribution in [2.24, 2.45) is 0 Å². The Hall–Kier alpha value is -2.15. The van der Waals surface area contributed by atoms with Gasteiger partial charge in [-0.05, 0) is 6.07 Å². The van der Waals surface area contributed by atoms with E-state index >= 15 is 0 Å². The number of rotatable bonds is 5. The molecule has 3 heterocycles. The van der Waals surface area contributed by atoms with Crippen LogP contribution in [0.25, 0.3) is 0 Å². The largest absolute Gasteiger partial charge is 0.530 e. The molecule has 0 spiro atoms. The summed E-state index contributed by atoms with van der Waals surface area (Å²) in [6.07, 6.45) is -9.67. The molecule has 0 amide bonds. The molecule has 0 radical (unpaired) electrons. The van der Waals surface area contributed by atoms with Gasteiger partial charge in [0.05, 0.1) is 18.2 Å². The lowest BCUT2D eigenvalue weighted by molar-refractivity contribution is -0.184. The molecule has 5 atom stereocenters. The van der Waals surface area contributed by atoms with Crippen molar-refractivity contribution < 1.29 is 41.2 Å². The number of hydrogen-bond donors (Lipinski definition) is 2. The van der Waals surface area contributed by atoms with Gasteiger partial charge in [0, 0.05) is 11.8 Å². The maximum atomic E-state index is 15.0. The van der Waals surface area contributed by atoms with Crippen LogP contribution < -0.4 is 15.9 Å². The predicted molar refractivity (Wildman–Crippen MR) is 103 cm³/mol. The number of hydrogen-bond acceptors (Lipinski definition) is 9. The van der Waals surface area contributed by atoms with Gasteiger partial charge in [-0.2, -0.15) is 4.98 Å². The van der Waals surface area contributed by atoms with Crippen LogP contribution in [0.1, 0.15) is 11.8 Å². The second-order valence-corrected chi connectivity index (χ2v) is 9.01. The van der Waals surface area contributed by atoms with E-state index in [1.807, 2.05) is 0 Å². The molecule has 174 valence electrons. The summed E-state index contributed by atoms with van der Waals surface area (Å²) in [4.78, 5) is 15.4. The van der Waals surface area contributed by atoms with Gasteiger partial charge < -0.3 is 20.1 Å². The first-order chi connectivity index (χ1) is 15.1. The number of nitrogens with zero attached hydrogens (tertiary/aromatic N) is 2. The zero-order chi connectivity index (χ0) is 23.3. The van der Waals surface area contributed by atoms with Gasteiger partial charge in [-0.1, -0.05) is 29.8 Å². The number of alkyl halides is 3. The van der Waals surface area contributed by atoms with E-state index in [1.54, 1.807) is 18.2 Å². The highest BCUT2D eigenvalue weighted by molar-refractivity contribution is 7.49. The standard InChI is InChI=1S/C17H16ClF3N3O7P/c18-9-5-24(16(26)23-13(9)22)14-11(25)12(19)17(30-14,15(20)21)7-29-32(27)28-6-8-3-1-2-4-10(8)31-32/h1-5,11-12,14-15,25H,6-7H2,(H2,22,23,26). The van der Waals surface area contributed by atoms with E-state index in [1.165, 1.54) is 6.07 Å². The van der Waals surface area contributed by atoms with Crippen molar-refractivity contribution in [2.45, 2.75) is 37.1 Å². The van der Waals surface area contributed by atoms with Gasteiger partial charge in [-0.3, -0.25) is 13.6 Å². The third-order valence-corrected chi connectivity index (χ3v) is 6.59. The fraction of sp³-hybridized carbons (Fsp3) is 0.412.